The molecule has 0 aliphatic rings. The van der Waals surface area contributed by atoms with Crippen LogP contribution in [0.4, 0.5) is 13.2 Å². The highest BCUT2D eigenvalue weighted by Crippen LogP contribution is 2.31. The maximum absolute atomic E-state index is 12.2. The Balaban J connectivity index is 2.93. The first kappa shape index (κ1) is 12.3. The molecular formula is C7H10ClF3N4. The van der Waals surface area contributed by atoms with Gasteiger partial charge in [0.2, 0.25) is 0 Å². The van der Waals surface area contributed by atoms with Crippen molar-refractivity contribution >= 4 is 11.6 Å². The zero-order chi connectivity index (χ0) is 11.6. The number of hydrazine groups is 1. The molecule has 0 spiro atoms. The summed E-state index contributed by atoms with van der Waals surface area (Å²) in [6.07, 6.45) is -4.13. The van der Waals surface area contributed by atoms with Gasteiger partial charge in [-0.25, -0.2) is 0 Å². The van der Waals surface area contributed by atoms with Crippen molar-refractivity contribution in [3.8, 4) is 0 Å². The Morgan fingerprint density at radius 1 is 1.67 bits per heavy atom. The van der Waals surface area contributed by atoms with E-state index in [-0.39, 0.29) is 10.7 Å². The van der Waals surface area contributed by atoms with Crippen molar-refractivity contribution in [1.29, 1.82) is 0 Å². The van der Waals surface area contributed by atoms with Crippen LogP contribution in [0.2, 0.25) is 5.02 Å². The number of alkyl halides is 3. The van der Waals surface area contributed by atoms with Gasteiger partial charge in [0.15, 0.2) is 0 Å². The van der Waals surface area contributed by atoms with E-state index in [1.807, 2.05) is 0 Å². The van der Waals surface area contributed by atoms with Crippen molar-refractivity contribution in [3.05, 3.63) is 16.9 Å². The Labute approximate surface area is 89.2 Å². The second-order valence-corrected chi connectivity index (χ2v) is 3.45. The minimum atomic E-state index is -4.31. The number of nitrogens with zero attached hydrogens (tertiary/aromatic N) is 2. The van der Waals surface area contributed by atoms with Crippen LogP contribution >= 0.6 is 11.6 Å². The minimum absolute atomic E-state index is 0.157. The van der Waals surface area contributed by atoms with Crippen LogP contribution in [-0.4, -0.2) is 16.0 Å². The zero-order valence-electron chi connectivity index (χ0n) is 7.85. The van der Waals surface area contributed by atoms with E-state index in [4.69, 9.17) is 17.4 Å². The summed E-state index contributed by atoms with van der Waals surface area (Å²) in [5.41, 5.74) is 2.30. The van der Waals surface area contributed by atoms with Crippen molar-refractivity contribution < 1.29 is 13.2 Å². The van der Waals surface area contributed by atoms with Gasteiger partial charge in [-0.3, -0.25) is 16.0 Å². The summed E-state index contributed by atoms with van der Waals surface area (Å²) >= 11 is 5.70. The Bertz CT molecular complexity index is 316. The molecule has 0 aliphatic carbocycles. The molecule has 0 aromatic carbocycles. The van der Waals surface area contributed by atoms with Crippen molar-refractivity contribution in [2.75, 3.05) is 0 Å². The Kier molecular flexibility index (Phi) is 3.58. The van der Waals surface area contributed by atoms with E-state index in [2.05, 4.69) is 10.5 Å². The van der Waals surface area contributed by atoms with Crippen LogP contribution in [0.15, 0.2) is 6.20 Å². The molecule has 0 amide bonds. The largest absolute Gasteiger partial charge is 0.391 e. The van der Waals surface area contributed by atoms with Crippen molar-refractivity contribution in [2.24, 2.45) is 12.9 Å². The number of nitrogens with two attached hydrogens (primary N) is 1. The van der Waals surface area contributed by atoms with Crippen molar-refractivity contribution in [2.45, 2.75) is 18.6 Å². The second kappa shape index (κ2) is 4.38. The Morgan fingerprint density at radius 2 is 2.27 bits per heavy atom. The maximum atomic E-state index is 12.2. The second-order valence-electron chi connectivity index (χ2n) is 3.04. The quantitative estimate of drug-likeness (QED) is 0.624. The van der Waals surface area contributed by atoms with Gasteiger partial charge < -0.3 is 0 Å². The maximum Gasteiger partial charge on any atom is 0.391 e. The van der Waals surface area contributed by atoms with Crippen LogP contribution in [0.1, 0.15) is 18.2 Å². The number of aryl methyl sites for hydroxylation is 1. The van der Waals surface area contributed by atoms with E-state index in [1.54, 1.807) is 0 Å². The number of aromatic nitrogens is 2. The standard InChI is InChI=1S/C7H10ClF3N4/c1-15-6(4(8)3-13-15)5(14-12)2-7(9,10)11/h3,5,14H,2,12H2,1H3. The number of hydrogen-bond acceptors (Lipinski definition) is 3. The molecule has 4 nitrogen and oxygen atoms in total. The van der Waals surface area contributed by atoms with Gasteiger partial charge in [-0.15, -0.1) is 0 Å². The highest BCUT2D eigenvalue weighted by atomic mass is 35.5. The minimum Gasteiger partial charge on any atom is -0.271 e. The van der Waals surface area contributed by atoms with Gasteiger partial charge in [0.05, 0.1) is 29.4 Å². The van der Waals surface area contributed by atoms with Crippen molar-refractivity contribution in [1.82, 2.24) is 15.2 Å². The smallest absolute Gasteiger partial charge is 0.271 e. The van der Waals surface area contributed by atoms with Crippen LogP contribution in [0.3, 0.4) is 0 Å². The molecule has 1 aromatic rings. The molecule has 0 fully saturated rings. The number of rotatable bonds is 3. The van der Waals surface area contributed by atoms with Gasteiger partial charge in [-0.2, -0.15) is 18.3 Å². The predicted molar refractivity (Wildman–Crippen MR) is 49.0 cm³/mol. The van der Waals surface area contributed by atoms with Crippen LogP contribution in [0, 0.1) is 0 Å². The molecular weight excluding hydrogens is 233 g/mol. The Morgan fingerprint density at radius 3 is 2.60 bits per heavy atom. The molecule has 1 unspecified atom stereocenters. The summed E-state index contributed by atoms with van der Waals surface area (Å²) in [4.78, 5) is 0. The van der Waals surface area contributed by atoms with E-state index < -0.39 is 18.6 Å². The molecule has 0 saturated carbocycles. The first-order valence-electron chi connectivity index (χ1n) is 4.05. The molecule has 1 heterocycles. The van der Waals surface area contributed by atoms with Gasteiger partial charge >= 0.3 is 6.18 Å². The van der Waals surface area contributed by atoms with Crippen LogP contribution in [0.25, 0.3) is 0 Å². The summed E-state index contributed by atoms with van der Waals surface area (Å²) < 4.78 is 37.8. The van der Waals surface area contributed by atoms with Crippen molar-refractivity contribution in [3.63, 3.8) is 0 Å². The van der Waals surface area contributed by atoms with Crippen LogP contribution < -0.4 is 11.3 Å². The lowest BCUT2D eigenvalue weighted by Crippen LogP contribution is -2.33. The summed E-state index contributed by atoms with van der Waals surface area (Å²) in [7, 11) is 1.50. The number of nitrogens with one attached hydrogen (secondary N) is 1. The molecule has 8 heteroatoms. The fourth-order valence-electron chi connectivity index (χ4n) is 1.28. The van der Waals surface area contributed by atoms with E-state index in [1.165, 1.54) is 17.9 Å². The van der Waals surface area contributed by atoms with Gasteiger partial charge in [0.25, 0.3) is 0 Å². The number of hydrogen-bond donors (Lipinski definition) is 2. The highest BCUT2D eigenvalue weighted by Gasteiger charge is 2.34. The molecule has 1 rings (SSSR count). The van der Waals surface area contributed by atoms with E-state index in [0.29, 0.717) is 0 Å². The summed E-state index contributed by atoms with van der Waals surface area (Å²) in [6, 6.07) is -1.09. The van der Waals surface area contributed by atoms with Gasteiger partial charge in [-0.1, -0.05) is 11.6 Å². The highest BCUT2D eigenvalue weighted by molar-refractivity contribution is 6.31. The van der Waals surface area contributed by atoms with E-state index >= 15 is 0 Å². The Hall–Kier alpha value is -0.790. The predicted octanol–water partition coefficient (Wildman–Crippen LogP) is 1.53. The van der Waals surface area contributed by atoms with Gasteiger partial charge in [-0.05, 0) is 0 Å². The molecule has 15 heavy (non-hydrogen) atoms. The third-order valence-corrected chi connectivity index (χ3v) is 2.20. The fraction of sp³-hybridized carbons (Fsp3) is 0.571. The van der Waals surface area contributed by atoms with Crippen LogP contribution in [0.5, 0.6) is 0 Å². The molecule has 3 N–H and O–H groups in total. The third-order valence-electron chi connectivity index (χ3n) is 1.90. The summed E-state index contributed by atoms with van der Waals surface area (Å²) in [5, 5.41) is 3.89. The normalized spacial score (nSPS) is 14.3. The summed E-state index contributed by atoms with van der Waals surface area (Å²) in [5.74, 6) is 5.06. The lowest BCUT2D eigenvalue weighted by atomic mass is 10.1. The average Bonchev–Trinajstić information content (AvgIpc) is 2.41. The SMILES string of the molecule is Cn1ncc(Cl)c1C(CC(F)(F)F)NN. The third kappa shape index (κ3) is 3.08. The van der Waals surface area contributed by atoms with Gasteiger partial charge in [0.1, 0.15) is 0 Å². The van der Waals surface area contributed by atoms with Crippen LogP contribution in [-0.2, 0) is 7.05 Å². The first-order valence-corrected chi connectivity index (χ1v) is 4.43. The molecule has 0 radical (unpaired) electrons. The van der Waals surface area contributed by atoms with Gasteiger partial charge in [0, 0.05) is 7.05 Å². The summed E-state index contributed by atoms with van der Waals surface area (Å²) in [6.45, 7) is 0. The molecule has 1 aromatic heterocycles. The van der Waals surface area contributed by atoms with E-state index in [0.717, 1.165) is 0 Å². The lowest BCUT2D eigenvalue weighted by Gasteiger charge is -2.18. The molecule has 0 saturated heterocycles. The molecule has 86 valence electrons. The lowest BCUT2D eigenvalue weighted by molar-refractivity contribution is -0.140. The average molecular weight is 243 g/mol. The topological polar surface area (TPSA) is 55.9 Å². The van der Waals surface area contributed by atoms with E-state index in [9.17, 15) is 13.2 Å². The fourth-order valence-corrected chi connectivity index (χ4v) is 1.58. The first-order chi connectivity index (χ1) is 6.85. The molecule has 0 aliphatic heterocycles. The number of halogens is 4. The zero-order valence-corrected chi connectivity index (χ0v) is 8.60. The molecule has 0 bridgehead atoms. The monoisotopic (exact) mass is 242 g/mol. The molecule has 1 atom stereocenters.